The quantitative estimate of drug-likeness (QED) is 0.229. The molecule has 0 fully saturated rings. The summed E-state index contributed by atoms with van der Waals surface area (Å²) < 4.78 is 0. The first-order valence-electron chi connectivity index (χ1n) is 8.76. The highest BCUT2D eigenvalue weighted by atomic mass is 16.6. The third-order valence-corrected chi connectivity index (χ3v) is 4.87. The van der Waals surface area contributed by atoms with Crippen molar-refractivity contribution in [1.29, 1.82) is 0 Å². The van der Waals surface area contributed by atoms with Gasteiger partial charge in [-0.1, -0.05) is 12.1 Å². The van der Waals surface area contributed by atoms with E-state index in [-0.39, 0.29) is 23.4 Å². The predicted molar refractivity (Wildman–Crippen MR) is 105 cm³/mol. The van der Waals surface area contributed by atoms with E-state index in [2.05, 4.69) is 5.32 Å². The van der Waals surface area contributed by atoms with Gasteiger partial charge in [-0.15, -0.1) is 0 Å². The van der Waals surface area contributed by atoms with Gasteiger partial charge in [-0.2, -0.15) is 0 Å². The van der Waals surface area contributed by atoms with Crippen LogP contribution in [0.4, 0.5) is 17.1 Å². The summed E-state index contributed by atoms with van der Waals surface area (Å²) in [5, 5.41) is 43.9. The third-order valence-electron chi connectivity index (χ3n) is 4.87. The number of hydrogen-bond acceptors (Lipinski definition) is 8. The van der Waals surface area contributed by atoms with E-state index >= 15 is 0 Å². The lowest BCUT2D eigenvalue weighted by atomic mass is 9.81. The minimum atomic E-state index is -0.932. The van der Waals surface area contributed by atoms with Crippen molar-refractivity contribution in [2.75, 3.05) is 5.32 Å². The third kappa shape index (κ3) is 2.85. The molecule has 1 aliphatic carbocycles. The van der Waals surface area contributed by atoms with Crippen LogP contribution in [0.1, 0.15) is 37.4 Å². The first kappa shape index (κ1) is 19.1. The maximum atomic E-state index is 13.2. The Kier molecular flexibility index (Phi) is 4.44. The summed E-state index contributed by atoms with van der Waals surface area (Å²) in [6.45, 7) is -0.142. The summed E-state index contributed by atoms with van der Waals surface area (Å²) in [7, 11) is 0. The Balaban J connectivity index is 1.91. The number of nitrogens with zero attached hydrogens (tertiary/aromatic N) is 1. The lowest BCUT2D eigenvalue weighted by molar-refractivity contribution is -0.385. The van der Waals surface area contributed by atoms with Gasteiger partial charge in [0.15, 0.2) is 0 Å². The first-order chi connectivity index (χ1) is 14.3. The second-order valence-corrected chi connectivity index (χ2v) is 6.63. The number of nitro benzene ring substituents is 1. The molecule has 3 aromatic rings. The Hall–Kier alpha value is -4.24. The zero-order valence-corrected chi connectivity index (χ0v) is 15.2. The largest absolute Gasteiger partial charge is 0.507 e. The molecule has 0 aliphatic heterocycles. The summed E-state index contributed by atoms with van der Waals surface area (Å²) >= 11 is 0. The Labute approximate surface area is 169 Å². The van der Waals surface area contributed by atoms with Crippen LogP contribution < -0.4 is 5.32 Å². The van der Waals surface area contributed by atoms with E-state index in [4.69, 9.17) is 5.11 Å². The molecule has 3 aromatic carbocycles. The van der Waals surface area contributed by atoms with E-state index in [1.54, 1.807) is 24.3 Å². The van der Waals surface area contributed by atoms with Crippen molar-refractivity contribution >= 4 is 28.6 Å². The van der Waals surface area contributed by atoms with Crippen molar-refractivity contribution in [3.8, 4) is 11.5 Å². The van der Waals surface area contributed by atoms with Gasteiger partial charge in [0.05, 0.1) is 33.9 Å². The highest BCUT2D eigenvalue weighted by Crippen LogP contribution is 2.43. The van der Waals surface area contributed by atoms with Crippen molar-refractivity contribution < 1.29 is 29.8 Å². The highest BCUT2D eigenvalue weighted by Gasteiger charge is 2.40. The Morgan fingerprint density at radius 2 is 1.37 bits per heavy atom. The van der Waals surface area contributed by atoms with Crippen molar-refractivity contribution in [3.05, 3.63) is 86.5 Å². The number of carbonyl (C=O) groups excluding carboxylic acids is 2. The topological polar surface area (TPSA) is 150 Å². The number of phenolic OH excluding ortho intramolecular Hbond substituents is 2. The summed E-state index contributed by atoms with van der Waals surface area (Å²) in [6, 6.07) is 11.1. The minimum Gasteiger partial charge on any atom is -0.507 e. The molecule has 0 saturated heterocycles. The molecule has 0 heterocycles. The number of rotatable bonds is 4. The number of benzene rings is 3. The molecule has 4 N–H and O–H groups in total. The van der Waals surface area contributed by atoms with Gasteiger partial charge in [0, 0.05) is 11.8 Å². The van der Waals surface area contributed by atoms with E-state index in [0.717, 1.165) is 12.1 Å². The van der Waals surface area contributed by atoms with Gasteiger partial charge in [0.1, 0.15) is 17.1 Å². The van der Waals surface area contributed by atoms with Crippen LogP contribution in [0.5, 0.6) is 11.5 Å². The smallest absolute Gasteiger partial charge is 0.281 e. The molecular weight excluding hydrogens is 392 g/mol. The van der Waals surface area contributed by atoms with Gasteiger partial charge in [0.25, 0.3) is 5.69 Å². The lowest BCUT2D eigenvalue weighted by Crippen LogP contribution is -2.23. The lowest BCUT2D eigenvalue weighted by Gasteiger charge is -2.22. The van der Waals surface area contributed by atoms with Crippen LogP contribution in [-0.4, -0.2) is 31.8 Å². The average Bonchev–Trinajstić information content (AvgIpc) is 2.73. The first-order valence-corrected chi connectivity index (χ1v) is 8.76. The van der Waals surface area contributed by atoms with Crippen LogP contribution in [0.2, 0.25) is 0 Å². The molecule has 0 amide bonds. The van der Waals surface area contributed by atoms with Gasteiger partial charge in [-0.25, -0.2) is 0 Å². The fraction of sp³-hybridized carbons (Fsp3) is 0.0476. The maximum Gasteiger partial charge on any atom is 0.281 e. The monoisotopic (exact) mass is 406 g/mol. The van der Waals surface area contributed by atoms with Gasteiger partial charge in [-0.3, -0.25) is 19.7 Å². The molecule has 0 aromatic heterocycles. The number of aromatic hydroxyl groups is 2. The van der Waals surface area contributed by atoms with Crippen LogP contribution in [0.3, 0.4) is 0 Å². The van der Waals surface area contributed by atoms with Crippen molar-refractivity contribution in [1.82, 2.24) is 0 Å². The zero-order valence-electron chi connectivity index (χ0n) is 15.2. The molecule has 150 valence electrons. The molecule has 1 aliphatic rings. The van der Waals surface area contributed by atoms with Crippen molar-refractivity contribution in [2.24, 2.45) is 0 Å². The number of hydrogen-bond donors (Lipinski definition) is 4. The zero-order chi connectivity index (χ0) is 21.6. The molecule has 0 unspecified atom stereocenters. The number of phenols is 2. The predicted octanol–water partition coefficient (Wildman–Crippen LogP) is 3.02. The van der Waals surface area contributed by atoms with E-state index in [9.17, 15) is 29.9 Å². The summed E-state index contributed by atoms with van der Waals surface area (Å²) in [5.41, 5.74) is -0.866. The minimum absolute atomic E-state index is 0.142. The maximum absolute atomic E-state index is 13.2. The second kappa shape index (κ2) is 6.98. The summed E-state index contributed by atoms with van der Waals surface area (Å²) in [4.78, 5) is 36.8. The molecule has 0 spiro atoms. The van der Waals surface area contributed by atoms with Gasteiger partial charge in [0.2, 0.25) is 11.6 Å². The van der Waals surface area contributed by atoms with Gasteiger partial charge < -0.3 is 20.6 Å². The number of anilines is 2. The molecule has 0 bridgehead atoms. The van der Waals surface area contributed by atoms with Crippen LogP contribution in [0.25, 0.3) is 0 Å². The van der Waals surface area contributed by atoms with Crippen molar-refractivity contribution in [2.45, 2.75) is 6.61 Å². The molecule has 9 nitrogen and oxygen atoms in total. The molecule has 4 rings (SSSR count). The van der Waals surface area contributed by atoms with E-state index in [1.807, 2.05) is 0 Å². The number of ketones is 2. The molecule has 0 saturated carbocycles. The fourth-order valence-electron chi connectivity index (χ4n) is 3.45. The van der Waals surface area contributed by atoms with Crippen molar-refractivity contribution in [3.63, 3.8) is 0 Å². The Morgan fingerprint density at radius 3 is 1.97 bits per heavy atom. The normalized spacial score (nSPS) is 12.3. The van der Waals surface area contributed by atoms with E-state index < -0.39 is 44.8 Å². The van der Waals surface area contributed by atoms with E-state index in [1.165, 1.54) is 12.1 Å². The summed E-state index contributed by atoms with van der Waals surface area (Å²) in [5.74, 6) is -2.83. The summed E-state index contributed by atoms with van der Waals surface area (Å²) in [6.07, 6.45) is 0. The fourth-order valence-corrected chi connectivity index (χ4v) is 3.45. The SMILES string of the molecule is O=C1c2c(O)ccc([N+](=O)[O-])c2C(=O)c2c(O)ccc(Nc3ccc(CO)cc3)c21. The number of nitrogens with one attached hydrogen (secondary N) is 1. The Morgan fingerprint density at radius 1 is 0.800 bits per heavy atom. The van der Waals surface area contributed by atoms with Crippen LogP contribution in [0, 0.1) is 10.1 Å². The van der Waals surface area contributed by atoms with Crippen LogP contribution in [0.15, 0.2) is 48.5 Å². The number of fused-ring (bicyclic) bond motifs is 2. The molecule has 0 radical (unpaired) electrons. The van der Waals surface area contributed by atoms with Gasteiger partial charge >= 0.3 is 0 Å². The number of aliphatic hydroxyl groups is 1. The van der Waals surface area contributed by atoms with Crippen LogP contribution >= 0.6 is 0 Å². The second-order valence-electron chi connectivity index (χ2n) is 6.63. The highest BCUT2D eigenvalue weighted by molar-refractivity contribution is 6.33. The molecule has 0 atom stereocenters. The Bertz CT molecular complexity index is 1230. The molecule has 9 heteroatoms. The standard InChI is InChI=1S/C21H14N2O7/c24-9-10-1-3-11(4-2-10)22-12-5-7-14(25)18-16(12)20(27)19-15(26)8-6-13(23(29)30)17(19)21(18)28/h1-8,22,24-26H,9H2. The van der Waals surface area contributed by atoms with E-state index in [0.29, 0.717) is 11.3 Å². The van der Waals surface area contributed by atoms with Crippen LogP contribution in [-0.2, 0) is 6.61 Å². The average molecular weight is 406 g/mol. The number of aliphatic hydroxyl groups excluding tert-OH is 1. The molecular formula is C21H14N2O7. The van der Waals surface area contributed by atoms with Gasteiger partial charge in [-0.05, 0) is 35.9 Å². The number of nitro groups is 1. The molecule has 30 heavy (non-hydrogen) atoms. The number of carbonyl (C=O) groups is 2.